The molecule has 2 N–H and O–H groups in total. The summed E-state index contributed by atoms with van der Waals surface area (Å²) >= 11 is 0. The minimum Gasteiger partial charge on any atom is -0.467 e. The van der Waals surface area contributed by atoms with Crippen molar-refractivity contribution in [2.24, 2.45) is 5.41 Å². The number of ketones is 1. The first-order valence-electron chi connectivity index (χ1n) is 10.5. The summed E-state index contributed by atoms with van der Waals surface area (Å²) in [6, 6.07) is 10.3. The van der Waals surface area contributed by atoms with Gasteiger partial charge in [-0.2, -0.15) is 0 Å². The Kier molecular flexibility index (Phi) is 5.43. The van der Waals surface area contributed by atoms with Gasteiger partial charge in [-0.25, -0.2) is 0 Å². The number of hydrogen-bond acceptors (Lipinski definition) is 5. The van der Waals surface area contributed by atoms with Crippen LogP contribution in [0.1, 0.15) is 51.3 Å². The lowest BCUT2D eigenvalue weighted by Crippen LogP contribution is -2.39. The number of furan rings is 1. The zero-order chi connectivity index (χ0) is 22.2. The van der Waals surface area contributed by atoms with E-state index in [2.05, 4.69) is 24.5 Å². The number of Topliss-reactive ketones (excluding diaryl/α,β-unsaturated/α-hetero) is 1. The lowest BCUT2D eigenvalue weighted by molar-refractivity contribution is -0.125. The van der Waals surface area contributed by atoms with Crippen LogP contribution in [-0.2, 0) is 14.4 Å². The van der Waals surface area contributed by atoms with Crippen molar-refractivity contribution in [3.05, 3.63) is 59.7 Å². The second kappa shape index (κ2) is 8.06. The van der Waals surface area contributed by atoms with Crippen LogP contribution in [0.15, 0.2) is 58.3 Å². The zero-order valence-corrected chi connectivity index (χ0v) is 18.0. The maximum atomic E-state index is 13.5. The number of benzene rings is 1. The van der Waals surface area contributed by atoms with E-state index in [1.807, 2.05) is 24.3 Å². The SMILES string of the molecule is CNC(=O)CCC(=O)N1c2ccccc2NC2=C(C(=O)CC(C)(C)C2)[C@@H]1c1ccco1. The number of allylic oxidation sites excluding steroid dienone is 1. The molecule has 31 heavy (non-hydrogen) atoms. The van der Waals surface area contributed by atoms with Crippen LogP contribution < -0.4 is 15.5 Å². The van der Waals surface area contributed by atoms with Gasteiger partial charge in [0.1, 0.15) is 11.8 Å². The molecular weight excluding hydrogens is 394 g/mol. The van der Waals surface area contributed by atoms with Gasteiger partial charge >= 0.3 is 0 Å². The van der Waals surface area contributed by atoms with E-state index in [1.165, 1.54) is 0 Å². The van der Waals surface area contributed by atoms with Crippen molar-refractivity contribution in [1.82, 2.24) is 5.32 Å². The number of carbonyl (C=O) groups is 3. The normalized spacial score (nSPS) is 19.8. The maximum Gasteiger partial charge on any atom is 0.228 e. The highest BCUT2D eigenvalue weighted by Crippen LogP contribution is 2.48. The van der Waals surface area contributed by atoms with Crippen LogP contribution >= 0.6 is 0 Å². The van der Waals surface area contributed by atoms with Gasteiger partial charge in [0.05, 0.1) is 17.6 Å². The van der Waals surface area contributed by atoms with Gasteiger partial charge in [0.2, 0.25) is 11.8 Å². The molecule has 2 heterocycles. The van der Waals surface area contributed by atoms with Gasteiger partial charge in [0, 0.05) is 37.6 Å². The Morgan fingerprint density at radius 1 is 1.16 bits per heavy atom. The second-order valence-electron chi connectivity index (χ2n) is 8.83. The van der Waals surface area contributed by atoms with Crippen LogP contribution in [0, 0.1) is 5.41 Å². The highest BCUT2D eigenvalue weighted by molar-refractivity contribution is 6.06. The van der Waals surface area contributed by atoms with Crippen LogP contribution in [-0.4, -0.2) is 24.6 Å². The second-order valence-corrected chi connectivity index (χ2v) is 8.83. The molecule has 2 amide bonds. The van der Waals surface area contributed by atoms with Crippen molar-refractivity contribution in [3.63, 3.8) is 0 Å². The number of anilines is 2. The molecule has 2 aliphatic rings. The fourth-order valence-corrected chi connectivity index (χ4v) is 4.44. The Morgan fingerprint density at radius 2 is 1.94 bits per heavy atom. The molecule has 1 aromatic heterocycles. The Balaban J connectivity index is 1.88. The van der Waals surface area contributed by atoms with Crippen LogP contribution in [0.25, 0.3) is 0 Å². The highest BCUT2D eigenvalue weighted by atomic mass is 16.3. The number of para-hydroxylation sites is 2. The largest absolute Gasteiger partial charge is 0.467 e. The van der Waals surface area contributed by atoms with E-state index in [0.717, 1.165) is 11.4 Å². The number of rotatable bonds is 4. The van der Waals surface area contributed by atoms with Crippen LogP contribution in [0.2, 0.25) is 0 Å². The Bertz CT molecular complexity index is 1050. The molecule has 1 aliphatic heterocycles. The summed E-state index contributed by atoms with van der Waals surface area (Å²) in [6.07, 6.45) is 2.71. The number of nitrogens with one attached hydrogen (secondary N) is 2. The lowest BCUT2D eigenvalue weighted by atomic mass is 9.74. The summed E-state index contributed by atoms with van der Waals surface area (Å²) in [5, 5.41) is 6.00. The molecule has 162 valence electrons. The van der Waals surface area contributed by atoms with Gasteiger partial charge in [-0.15, -0.1) is 0 Å². The van der Waals surface area contributed by atoms with E-state index in [-0.39, 0.29) is 35.9 Å². The molecule has 0 spiro atoms. The van der Waals surface area contributed by atoms with Crippen LogP contribution in [0.4, 0.5) is 11.4 Å². The number of amides is 2. The predicted octanol–water partition coefficient (Wildman–Crippen LogP) is 3.95. The smallest absolute Gasteiger partial charge is 0.228 e. The number of nitrogens with zero attached hydrogens (tertiary/aromatic N) is 1. The van der Waals surface area contributed by atoms with E-state index in [9.17, 15) is 14.4 Å². The summed E-state index contributed by atoms with van der Waals surface area (Å²) in [5.41, 5.74) is 2.59. The first-order valence-corrected chi connectivity index (χ1v) is 10.5. The van der Waals surface area contributed by atoms with Gasteiger partial charge < -0.3 is 15.1 Å². The predicted molar refractivity (Wildman–Crippen MR) is 117 cm³/mol. The molecule has 0 saturated carbocycles. The molecule has 0 bridgehead atoms. The van der Waals surface area contributed by atoms with E-state index in [0.29, 0.717) is 29.9 Å². The molecule has 7 heteroatoms. The van der Waals surface area contributed by atoms with Gasteiger partial charge in [-0.05, 0) is 36.1 Å². The third-order valence-corrected chi connectivity index (χ3v) is 5.83. The number of carbonyl (C=O) groups excluding carboxylic acids is 3. The summed E-state index contributed by atoms with van der Waals surface area (Å²) in [4.78, 5) is 40.3. The molecule has 4 rings (SSSR count). The molecule has 1 atom stereocenters. The molecule has 0 saturated heterocycles. The molecule has 0 fully saturated rings. The molecule has 2 aromatic rings. The third kappa shape index (κ3) is 4.00. The topological polar surface area (TPSA) is 91.7 Å². The third-order valence-electron chi connectivity index (χ3n) is 5.83. The maximum absolute atomic E-state index is 13.5. The van der Waals surface area contributed by atoms with Gasteiger partial charge in [-0.3, -0.25) is 19.3 Å². The lowest BCUT2D eigenvalue weighted by Gasteiger charge is -2.36. The van der Waals surface area contributed by atoms with Crippen molar-refractivity contribution < 1.29 is 18.8 Å². The minimum atomic E-state index is -0.693. The quantitative estimate of drug-likeness (QED) is 0.780. The van der Waals surface area contributed by atoms with Crippen molar-refractivity contribution in [3.8, 4) is 0 Å². The average molecular weight is 421 g/mol. The highest BCUT2D eigenvalue weighted by Gasteiger charge is 2.44. The van der Waals surface area contributed by atoms with Crippen LogP contribution in [0.5, 0.6) is 0 Å². The van der Waals surface area contributed by atoms with Gasteiger partial charge in [0.25, 0.3) is 0 Å². The van der Waals surface area contributed by atoms with Crippen molar-refractivity contribution in [2.75, 3.05) is 17.3 Å². The Morgan fingerprint density at radius 3 is 2.65 bits per heavy atom. The monoisotopic (exact) mass is 421 g/mol. The minimum absolute atomic E-state index is 0.00272. The average Bonchev–Trinajstić information content (AvgIpc) is 3.20. The summed E-state index contributed by atoms with van der Waals surface area (Å²) in [5.74, 6) is 0.0644. The molecule has 1 aromatic carbocycles. The summed E-state index contributed by atoms with van der Waals surface area (Å²) in [6.45, 7) is 4.14. The fraction of sp³-hybridized carbons (Fsp3) is 0.375. The van der Waals surface area contributed by atoms with Gasteiger partial charge in [-0.1, -0.05) is 26.0 Å². The molecular formula is C24H27N3O4. The molecule has 0 unspecified atom stereocenters. The molecule has 1 aliphatic carbocycles. The van der Waals surface area contributed by atoms with Crippen molar-refractivity contribution >= 4 is 29.0 Å². The number of fused-ring (bicyclic) bond motifs is 1. The Labute approximate surface area is 181 Å². The standard InChI is InChI=1S/C24H27N3O4/c1-24(2)13-16-22(18(28)14-24)23(19-9-6-12-31-19)27(21(30)11-10-20(29)25-3)17-8-5-4-7-15(17)26-16/h4-9,12,23,26H,10-11,13-14H2,1-3H3,(H,25,29)/t23-/m0/s1. The molecule has 0 radical (unpaired) electrons. The summed E-state index contributed by atoms with van der Waals surface area (Å²) in [7, 11) is 1.54. The zero-order valence-electron chi connectivity index (χ0n) is 18.0. The first kappa shape index (κ1) is 20.9. The number of hydrogen-bond donors (Lipinski definition) is 2. The van der Waals surface area contributed by atoms with E-state index < -0.39 is 6.04 Å². The van der Waals surface area contributed by atoms with Gasteiger partial charge in [0.15, 0.2) is 5.78 Å². The van der Waals surface area contributed by atoms with E-state index >= 15 is 0 Å². The first-order chi connectivity index (χ1) is 14.8. The van der Waals surface area contributed by atoms with Crippen LogP contribution in [0.3, 0.4) is 0 Å². The Hall–Kier alpha value is -3.35. The summed E-state index contributed by atoms with van der Waals surface area (Å²) < 4.78 is 5.73. The molecule has 7 nitrogen and oxygen atoms in total. The van der Waals surface area contributed by atoms with E-state index in [4.69, 9.17) is 4.42 Å². The fourth-order valence-electron chi connectivity index (χ4n) is 4.44. The van der Waals surface area contributed by atoms with Crippen molar-refractivity contribution in [1.29, 1.82) is 0 Å². The van der Waals surface area contributed by atoms with E-state index in [1.54, 1.807) is 30.3 Å². The van der Waals surface area contributed by atoms with Crippen molar-refractivity contribution in [2.45, 2.75) is 45.6 Å².